The highest BCUT2D eigenvalue weighted by Gasteiger charge is 2.36. The molecule has 0 fully saturated rings. The van der Waals surface area contributed by atoms with Crippen molar-refractivity contribution >= 4 is 10.0 Å². The summed E-state index contributed by atoms with van der Waals surface area (Å²) in [5, 5.41) is 8.36. The monoisotopic (exact) mass is 421 g/mol. The molecule has 1 heterocycles. The van der Waals surface area contributed by atoms with E-state index in [2.05, 4.69) is 5.10 Å². The van der Waals surface area contributed by atoms with Crippen LogP contribution in [0.25, 0.3) is 16.9 Å². The number of primary sulfonamides is 1. The van der Waals surface area contributed by atoms with E-state index < -0.39 is 61.2 Å². The number of nitrogens with zero attached hydrogens (tertiary/aromatic N) is 2. The molecule has 0 aliphatic heterocycles. The lowest BCUT2D eigenvalue weighted by molar-refractivity contribution is -0.141. The third-order valence-corrected chi connectivity index (χ3v) is 4.67. The van der Waals surface area contributed by atoms with Gasteiger partial charge in [-0.1, -0.05) is 12.1 Å². The molecule has 12 heteroatoms. The molecule has 0 radical (unpaired) electrons. The molecule has 5 nitrogen and oxygen atoms in total. The first-order chi connectivity index (χ1) is 12.9. The zero-order valence-corrected chi connectivity index (χ0v) is 14.3. The Morgan fingerprint density at radius 2 is 1.61 bits per heavy atom. The van der Waals surface area contributed by atoms with Gasteiger partial charge in [-0.25, -0.2) is 31.4 Å². The normalized spacial score (nSPS) is 12.4. The molecule has 0 spiro atoms. The third kappa shape index (κ3) is 3.47. The van der Waals surface area contributed by atoms with Crippen molar-refractivity contribution in [1.82, 2.24) is 9.78 Å². The molecule has 0 unspecified atom stereocenters. The van der Waals surface area contributed by atoms with Gasteiger partial charge in [-0.15, -0.1) is 0 Å². The fourth-order valence-electron chi connectivity index (χ4n) is 2.49. The molecule has 2 N–H and O–H groups in total. The molecule has 1 aromatic heterocycles. The quantitative estimate of drug-likeness (QED) is 0.518. The van der Waals surface area contributed by atoms with Crippen LogP contribution in [0, 0.1) is 17.5 Å². The number of halogens is 6. The zero-order valence-electron chi connectivity index (χ0n) is 13.5. The second-order valence-electron chi connectivity index (χ2n) is 5.56. The van der Waals surface area contributed by atoms with E-state index in [9.17, 15) is 34.8 Å². The van der Waals surface area contributed by atoms with Crippen LogP contribution in [-0.4, -0.2) is 18.2 Å². The summed E-state index contributed by atoms with van der Waals surface area (Å²) in [6.45, 7) is 0. The van der Waals surface area contributed by atoms with Crippen molar-refractivity contribution in [3.05, 3.63) is 65.6 Å². The van der Waals surface area contributed by atoms with Gasteiger partial charge < -0.3 is 0 Å². The Kier molecular flexibility index (Phi) is 4.71. The molecular weight excluding hydrogens is 412 g/mol. The smallest absolute Gasteiger partial charge is 0.231 e. The van der Waals surface area contributed by atoms with Crippen molar-refractivity contribution in [3.63, 3.8) is 0 Å². The Morgan fingerprint density at radius 1 is 0.964 bits per heavy atom. The first kappa shape index (κ1) is 19.9. The molecular formula is C16H9F6N3O2S. The number of hydrogen-bond acceptors (Lipinski definition) is 3. The number of hydrogen-bond donors (Lipinski definition) is 1. The molecule has 3 rings (SSSR count). The summed E-state index contributed by atoms with van der Waals surface area (Å²) in [6.07, 6.45) is -4.98. The highest BCUT2D eigenvalue weighted by molar-refractivity contribution is 7.89. The minimum atomic E-state index is -4.98. The lowest BCUT2D eigenvalue weighted by atomic mass is 10.1. The Hall–Kier alpha value is -2.86. The van der Waals surface area contributed by atoms with Gasteiger partial charge in [0.2, 0.25) is 10.0 Å². The molecule has 0 amide bonds. The van der Waals surface area contributed by atoms with Crippen LogP contribution in [0.2, 0.25) is 0 Å². The summed E-state index contributed by atoms with van der Waals surface area (Å²) < 4.78 is 104. The van der Waals surface area contributed by atoms with E-state index in [4.69, 9.17) is 5.14 Å². The summed E-state index contributed by atoms with van der Waals surface area (Å²) in [4.78, 5) is -0.601. The van der Waals surface area contributed by atoms with Crippen molar-refractivity contribution < 1.29 is 34.8 Å². The maximum atomic E-state index is 14.2. The fraction of sp³-hybridized carbons (Fsp3) is 0.0625. The van der Waals surface area contributed by atoms with Gasteiger partial charge in [-0.3, -0.25) is 0 Å². The Labute approximate surface area is 154 Å². The number of para-hydroxylation sites is 1. The highest BCUT2D eigenvalue weighted by Crippen LogP contribution is 2.35. The number of sulfonamides is 1. The molecule has 0 bridgehead atoms. The number of alkyl halides is 3. The number of rotatable bonds is 3. The van der Waals surface area contributed by atoms with Crippen molar-refractivity contribution in [2.75, 3.05) is 0 Å². The van der Waals surface area contributed by atoms with Crippen molar-refractivity contribution in [2.24, 2.45) is 5.14 Å². The second-order valence-corrected chi connectivity index (χ2v) is 7.09. The van der Waals surface area contributed by atoms with Crippen molar-refractivity contribution in [2.45, 2.75) is 11.1 Å². The Bertz CT molecular complexity index is 1170. The summed E-state index contributed by atoms with van der Waals surface area (Å²) in [5.74, 6) is -5.21. The molecule has 0 aliphatic rings. The largest absolute Gasteiger partial charge is 0.435 e. The summed E-state index contributed by atoms with van der Waals surface area (Å²) >= 11 is 0. The minimum Gasteiger partial charge on any atom is -0.231 e. The average Bonchev–Trinajstić information content (AvgIpc) is 3.04. The zero-order chi connectivity index (χ0) is 20.9. The van der Waals surface area contributed by atoms with E-state index in [1.807, 2.05) is 0 Å². The molecule has 148 valence electrons. The van der Waals surface area contributed by atoms with Gasteiger partial charge in [0.25, 0.3) is 0 Å². The lowest BCUT2D eigenvalue weighted by Crippen LogP contribution is -2.16. The molecule has 0 saturated carbocycles. The third-order valence-electron chi connectivity index (χ3n) is 3.71. The fourth-order valence-corrected chi connectivity index (χ4v) is 3.21. The van der Waals surface area contributed by atoms with Gasteiger partial charge in [0, 0.05) is 5.56 Å². The van der Waals surface area contributed by atoms with Crippen LogP contribution < -0.4 is 5.14 Å². The van der Waals surface area contributed by atoms with Crippen LogP contribution in [0.1, 0.15) is 5.69 Å². The van der Waals surface area contributed by atoms with E-state index in [1.165, 1.54) is 12.1 Å². The topological polar surface area (TPSA) is 78.0 Å². The average molecular weight is 421 g/mol. The van der Waals surface area contributed by atoms with Crippen LogP contribution in [-0.2, 0) is 16.2 Å². The maximum absolute atomic E-state index is 14.2. The van der Waals surface area contributed by atoms with Crippen LogP contribution in [0.15, 0.2) is 47.4 Å². The molecule has 28 heavy (non-hydrogen) atoms. The van der Waals surface area contributed by atoms with Gasteiger partial charge in [0.05, 0.1) is 11.4 Å². The van der Waals surface area contributed by atoms with E-state index in [1.54, 1.807) is 0 Å². The van der Waals surface area contributed by atoms with Crippen LogP contribution >= 0.6 is 0 Å². The van der Waals surface area contributed by atoms with Gasteiger partial charge in [0.1, 0.15) is 4.90 Å². The summed E-state index contributed by atoms with van der Waals surface area (Å²) in [5.41, 5.74) is -3.35. The van der Waals surface area contributed by atoms with Crippen molar-refractivity contribution in [1.29, 1.82) is 0 Å². The van der Waals surface area contributed by atoms with Crippen molar-refractivity contribution in [3.8, 4) is 16.9 Å². The van der Waals surface area contributed by atoms with Gasteiger partial charge >= 0.3 is 6.18 Å². The number of benzene rings is 2. The highest BCUT2D eigenvalue weighted by atomic mass is 32.2. The maximum Gasteiger partial charge on any atom is 0.435 e. The first-order valence-electron chi connectivity index (χ1n) is 7.34. The Balaban J connectivity index is 2.39. The molecule has 3 aromatic rings. The SMILES string of the molecule is NS(=O)(=O)c1ccccc1-n1nc(C(F)(F)F)cc1-c1ccc(F)c(F)c1F. The van der Waals surface area contributed by atoms with Crippen LogP contribution in [0.4, 0.5) is 26.3 Å². The van der Waals surface area contributed by atoms with E-state index in [0.29, 0.717) is 22.9 Å². The molecule has 0 aliphatic carbocycles. The van der Waals surface area contributed by atoms with Crippen LogP contribution in [0.5, 0.6) is 0 Å². The van der Waals surface area contributed by atoms with Gasteiger partial charge in [0.15, 0.2) is 23.1 Å². The van der Waals surface area contributed by atoms with E-state index in [0.717, 1.165) is 12.1 Å². The first-order valence-corrected chi connectivity index (χ1v) is 8.89. The molecule has 2 aromatic carbocycles. The minimum absolute atomic E-state index is 0.385. The standard InChI is InChI=1S/C16H9F6N3O2S/c17-9-6-5-8(14(18)15(9)19)11-7-13(16(20,21)22)24-25(11)10-3-1-2-4-12(10)28(23,26)27/h1-7H,(H2,23,26,27). The summed E-state index contributed by atoms with van der Waals surface area (Å²) in [6, 6.07) is 6.24. The predicted octanol–water partition coefficient (Wildman–Crippen LogP) is 3.62. The Morgan fingerprint density at radius 3 is 2.21 bits per heavy atom. The predicted molar refractivity (Wildman–Crippen MR) is 85.2 cm³/mol. The number of nitrogens with two attached hydrogens (primary N) is 1. The van der Waals surface area contributed by atoms with Gasteiger partial charge in [-0.2, -0.15) is 18.3 Å². The molecule has 0 saturated heterocycles. The second kappa shape index (κ2) is 6.63. The molecule has 0 atom stereocenters. The van der Waals surface area contributed by atoms with Crippen LogP contribution in [0.3, 0.4) is 0 Å². The lowest BCUT2D eigenvalue weighted by Gasteiger charge is -2.12. The summed E-state index contributed by atoms with van der Waals surface area (Å²) in [7, 11) is -4.40. The number of aromatic nitrogens is 2. The van der Waals surface area contributed by atoms with E-state index >= 15 is 0 Å². The van der Waals surface area contributed by atoms with E-state index in [-0.39, 0.29) is 0 Å². The van der Waals surface area contributed by atoms with Gasteiger partial charge in [-0.05, 0) is 30.3 Å².